The van der Waals surface area contributed by atoms with Crippen molar-refractivity contribution in [2.45, 2.75) is 59.6 Å². The van der Waals surface area contributed by atoms with Crippen molar-refractivity contribution in [2.24, 2.45) is 11.8 Å². The molecule has 41 heavy (non-hydrogen) atoms. The zero-order valence-corrected chi connectivity index (χ0v) is 24.4. The molecule has 1 aromatic rings. The van der Waals surface area contributed by atoms with Crippen molar-refractivity contribution < 1.29 is 48.0 Å². The Morgan fingerprint density at radius 2 is 1.78 bits per heavy atom. The first kappa shape index (κ1) is 33.8. The van der Waals surface area contributed by atoms with Crippen LogP contribution >= 0.6 is 0 Å². The van der Waals surface area contributed by atoms with Crippen molar-refractivity contribution in [2.75, 3.05) is 39.6 Å². The van der Waals surface area contributed by atoms with E-state index in [-0.39, 0.29) is 50.1 Å². The summed E-state index contributed by atoms with van der Waals surface area (Å²) in [6.07, 6.45) is -0.807. The van der Waals surface area contributed by atoms with Gasteiger partial charge >= 0.3 is 12.1 Å². The highest BCUT2D eigenvalue weighted by molar-refractivity contribution is 6.25. The summed E-state index contributed by atoms with van der Waals surface area (Å²) in [5.41, 5.74) is 1.49. The summed E-state index contributed by atoms with van der Waals surface area (Å²) in [6, 6.07) is 6.54. The van der Waals surface area contributed by atoms with Gasteiger partial charge < -0.3 is 24.1 Å². The number of amides is 2. The summed E-state index contributed by atoms with van der Waals surface area (Å²) >= 11 is 0. The quantitative estimate of drug-likeness (QED) is 0.167. The van der Waals surface area contributed by atoms with E-state index in [0.29, 0.717) is 25.2 Å². The van der Waals surface area contributed by atoms with Crippen LogP contribution in [0.3, 0.4) is 0 Å². The molecule has 1 aliphatic rings. The molecule has 0 aliphatic carbocycles. The third-order valence-electron chi connectivity index (χ3n) is 6.55. The lowest BCUT2D eigenvalue weighted by Crippen LogP contribution is -2.48. The summed E-state index contributed by atoms with van der Waals surface area (Å²) in [7, 11) is 0. The van der Waals surface area contributed by atoms with E-state index in [1.165, 1.54) is 6.92 Å². The molecular weight excluding hydrogens is 534 g/mol. The number of hydrogen-bond acceptors (Lipinski definition) is 10. The molecule has 1 aromatic carbocycles. The van der Waals surface area contributed by atoms with Crippen molar-refractivity contribution in [3.05, 3.63) is 41.5 Å². The molecule has 226 valence electrons. The van der Waals surface area contributed by atoms with Crippen LogP contribution in [-0.4, -0.2) is 91.3 Å². The van der Waals surface area contributed by atoms with E-state index < -0.39 is 41.8 Å². The van der Waals surface area contributed by atoms with E-state index in [1.807, 2.05) is 26.8 Å². The lowest BCUT2D eigenvalue weighted by Gasteiger charge is -2.28. The van der Waals surface area contributed by atoms with Gasteiger partial charge in [0.2, 0.25) is 5.91 Å². The van der Waals surface area contributed by atoms with Crippen LogP contribution in [0.2, 0.25) is 0 Å². The Labute approximate surface area is 240 Å². The molecular formula is C30H41NO10. The number of esters is 1. The van der Waals surface area contributed by atoms with Crippen LogP contribution in [0.1, 0.15) is 51.7 Å². The number of ether oxygens (including phenoxy) is 4. The summed E-state index contributed by atoms with van der Waals surface area (Å²) in [4.78, 5) is 65.5. The largest absolute Gasteiger partial charge is 0.453 e. The smallest absolute Gasteiger partial charge is 0.416 e. The molecule has 11 heteroatoms. The van der Waals surface area contributed by atoms with Crippen molar-refractivity contribution in [1.29, 1.82) is 0 Å². The molecule has 11 nitrogen and oxygen atoms in total. The minimum atomic E-state index is -1.56. The molecule has 3 atom stereocenters. The number of aliphatic hydroxyl groups excluding tert-OH is 1. The van der Waals surface area contributed by atoms with Crippen LogP contribution in [0.4, 0.5) is 4.79 Å². The molecule has 0 aromatic heterocycles. The number of allylic oxidation sites excluding steroid dienone is 1. The van der Waals surface area contributed by atoms with Crippen LogP contribution in [0.15, 0.2) is 30.3 Å². The number of benzene rings is 1. The molecule has 2 amide bonds. The average Bonchev–Trinajstić information content (AvgIpc) is 3.32. The number of hydrogen-bond donors (Lipinski definition) is 1. The number of imide groups is 1. The van der Waals surface area contributed by atoms with E-state index >= 15 is 0 Å². The van der Waals surface area contributed by atoms with Gasteiger partial charge in [0.25, 0.3) is 0 Å². The summed E-state index contributed by atoms with van der Waals surface area (Å²) < 4.78 is 20.9. The Kier molecular flexibility index (Phi) is 13.8. The van der Waals surface area contributed by atoms with Gasteiger partial charge in [0, 0.05) is 25.5 Å². The molecule has 0 radical (unpaired) electrons. The fourth-order valence-corrected chi connectivity index (χ4v) is 4.33. The second kappa shape index (κ2) is 16.8. The summed E-state index contributed by atoms with van der Waals surface area (Å²) in [6.45, 7) is 9.14. The highest BCUT2D eigenvalue weighted by Crippen LogP contribution is 2.26. The summed E-state index contributed by atoms with van der Waals surface area (Å²) in [5.74, 6) is -3.88. The maximum Gasteiger partial charge on any atom is 0.416 e. The first-order valence-electron chi connectivity index (χ1n) is 13.8. The first-order chi connectivity index (χ1) is 19.5. The Bertz CT molecular complexity index is 1110. The fraction of sp³-hybridized carbons (Fsp3) is 0.567. The lowest BCUT2D eigenvalue weighted by atomic mass is 9.92. The summed E-state index contributed by atoms with van der Waals surface area (Å²) in [5, 5.41) is 8.72. The lowest BCUT2D eigenvalue weighted by molar-refractivity contribution is -0.158. The van der Waals surface area contributed by atoms with Crippen molar-refractivity contribution >= 4 is 35.1 Å². The van der Waals surface area contributed by atoms with E-state index in [1.54, 1.807) is 18.2 Å². The van der Waals surface area contributed by atoms with Gasteiger partial charge in [-0.1, -0.05) is 43.7 Å². The number of rotatable bonds is 17. The fourth-order valence-electron chi connectivity index (χ4n) is 4.33. The predicted octanol–water partition coefficient (Wildman–Crippen LogP) is 2.89. The van der Waals surface area contributed by atoms with Crippen LogP contribution in [-0.2, 0) is 38.1 Å². The third-order valence-corrected chi connectivity index (χ3v) is 6.55. The van der Waals surface area contributed by atoms with Gasteiger partial charge in [0.1, 0.15) is 6.61 Å². The predicted molar refractivity (Wildman–Crippen MR) is 149 cm³/mol. The number of aliphatic hydroxyl groups is 1. The van der Waals surface area contributed by atoms with Gasteiger partial charge in [0.15, 0.2) is 17.7 Å². The minimum Gasteiger partial charge on any atom is -0.453 e. The molecule has 1 fully saturated rings. The molecule has 0 saturated carbocycles. The van der Waals surface area contributed by atoms with E-state index in [9.17, 15) is 24.0 Å². The maximum absolute atomic E-state index is 13.6. The van der Waals surface area contributed by atoms with Crippen LogP contribution < -0.4 is 0 Å². The van der Waals surface area contributed by atoms with Gasteiger partial charge in [-0.3, -0.25) is 19.2 Å². The molecule has 1 saturated heterocycles. The Hall–Kier alpha value is -3.41. The SMILES string of the molecule is CC(=O)O[C@@H](C(=O)C=C(C(=O)CCCOCCOCCO)c1cccc(C)c1)[C@@H](C)C(=O)N1C(=O)OC[C@H]1C(C)C. The van der Waals surface area contributed by atoms with Crippen molar-refractivity contribution in [1.82, 2.24) is 4.90 Å². The van der Waals surface area contributed by atoms with E-state index in [2.05, 4.69) is 0 Å². The van der Waals surface area contributed by atoms with E-state index in [4.69, 9.17) is 24.1 Å². The topological polar surface area (TPSA) is 146 Å². The molecule has 0 unspecified atom stereocenters. The number of nitrogens with zero attached hydrogens (tertiary/aromatic N) is 1. The van der Waals surface area contributed by atoms with Crippen molar-refractivity contribution in [3.63, 3.8) is 0 Å². The second-order valence-corrected chi connectivity index (χ2v) is 10.2. The third kappa shape index (κ3) is 10.2. The number of aryl methyl sites for hydroxylation is 1. The standard InChI is InChI=1S/C30H41NO10/c1-19(2)25-18-40-30(37)31(25)29(36)21(4)28(41-22(5)33)27(35)17-24(23-9-6-8-20(3)16-23)26(34)10-7-12-38-14-15-39-13-11-32/h6,8-9,16-17,19,21,25,28,32H,7,10-15,18H2,1-5H3/t21-,25+,28-/m1/s1. The second-order valence-electron chi connectivity index (χ2n) is 10.2. The van der Waals surface area contributed by atoms with Crippen molar-refractivity contribution in [3.8, 4) is 0 Å². The molecule has 1 heterocycles. The highest BCUT2D eigenvalue weighted by Gasteiger charge is 2.44. The van der Waals surface area contributed by atoms with Gasteiger partial charge in [-0.25, -0.2) is 9.69 Å². The molecule has 2 rings (SSSR count). The first-order valence-corrected chi connectivity index (χ1v) is 13.8. The average molecular weight is 576 g/mol. The number of carbonyl (C=O) groups is 5. The zero-order valence-electron chi connectivity index (χ0n) is 24.4. The number of ketones is 2. The Morgan fingerprint density at radius 3 is 2.39 bits per heavy atom. The van der Waals surface area contributed by atoms with Crippen LogP contribution in [0.5, 0.6) is 0 Å². The van der Waals surface area contributed by atoms with Gasteiger partial charge in [0.05, 0.1) is 38.4 Å². The normalized spacial score (nSPS) is 16.9. The van der Waals surface area contributed by atoms with Gasteiger partial charge in [-0.15, -0.1) is 0 Å². The number of cyclic esters (lactones) is 1. The molecule has 0 spiro atoms. The zero-order chi connectivity index (χ0) is 30.5. The Morgan fingerprint density at radius 1 is 1.10 bits per heavy atom. The monoisotopic (exact) mass is 575 g/mol. The van der Waals surface area contributed by atoms with Crippen LogP contribution in [0.25, 0.3) is 5.57 Å². The van der Waals surface area contributed by atoms with E-state index in [0.717, 1.165) is 23.5 Å². The number of carbonyl (C=O) groups excluding carboxylic acids is 5. The highest BCUT2D eigenvalue weighted by atomic mass is 16.6. The van der Waals surface area contributed by atoms with Gasteiger partial charge in [-0.05, 0) is 37.8 Å². The minimum absolute atomic E-state index is 0.0342. The van der Waals surface area contributed by atoms with Crippen LogP contribution in [0, 0.1) is 18.8 Å². The maximum atomic E-state index is 13.6. The molecule has 0 bridgehead atoms. The Balaban J connectivity index is 2.27. The van der Waals surface area contributed by atoms with Gasteiger partial charge in [-0.2, -0.15) is 0 Å². The molecule has 1 N–H and O–H groups in total. The molecule has 1 aliphatic heterocycles. The number of Topliss-reactive ketones (excluding diaryl/α,β-unsaturated/α-hetero) is 1.